The number of methoxy groups -OCH3 is 1. The molecule has 0 radical (unpaired) electrons. The first-order chi connectivity index (χ1) is 11.2. The minimum Gasteiger partial charge on any atom is -0.492 e. The van der Waals surface area contributed by atoms with Crippen molar-refractivity contribution in [1.82, 2.24) is 0 Å². The molecule has 1 heterocycles. The molecular weight excluding hydrogens is 294 g/mol. The molecule has 1 N–H and O–H groups in total. The van der Waals surface area contributed by atoms with Crippen molar-refractivity contribution in [2.75, 3.05) is 19.0 Å². The number of anilines is 1. The van der Waals surface area contributed by atoms with Crippen LogP contribution in [0.1, 0.15) is 15.9 Å². The highest BCUT2D eigenvalue weighted by atomic mass is 16.5. The van der Waals surface area contributed by atoms with Crippen molar-refractivity contribution in [3.8, 4) is 5.75 Å². The van der Waals surface area contributed by atoms with Gasteiger partial charge < -0.3 is 14.8 Å². The van der Waals surface area contributed by atoms with E-state index in [-0.39, 0.29) is 11.8 Å². The van der Waals surface area contributed by atoms with Gasteiger partial charge in [0, 0.05) is 0 Å². The van der Waals surface area contributed by atoms with Gasteiger partial charge in [0.15, 0.2) is 0 Å². The molecule has 0 aromatic heterocycles. The Kier molecular flexibility index (Phi) is 4.28. The van der Waals surface area contributed by atoms with Crippen LogP contribution >= 0.6 is 0 Å². The molecule has 0 aliphatic carbocycles. The lowest BCUT2D eigenvalue weighted by Crippen LogP contribution is -2.33. The van der Waals surface area contributed by atoms with E-state index in [1.54, 1.807) is 24.3 Å². The molecule has 3 rings (SSSR count). The predicted octanol–water partition coefficient (Wildman–Crippen LogP) is 2.66. The summed E-state index contributed by atoms with van der Waals surface area (Å²) in [7, 11) is 1.31. The lowest BCUT2D eigenvalue weighted by molar-refractivity contribution is -0.121. The van der Waals surface area contributed by atoms with E-state index < -0.39 is 5.97 Å². The van der Waals surface area contributed by atoms with Crippen LogP contribution in [0.25, 0.3) is 0 Å². The molecule has 0 spiro atoms. The van der Waals surface area contributed by atoms with Gasteiger partial charge in [0.2, 0.25) is 5.91 Å². The summed E-state index contributed by atoms with van der Waals surface area (Å²) in [5.74, 6) is -0.121. The number of carbonyl (C=O) groups excluding carboxylic acids is 2. The Hall–Kier alpha value is -2.82. The maximum Gasteiger partial charge on any atom is 0.339 e. The van der Waals surface area contributed by atoms with Crippen LogP contribution in [0.2, 0.25) is 0 Å². The molecule has 1 aliphatic rings. The summed E-state index contributed by atoms with van der Waals surface area (Å²) in [6.07, 6.45) is 0.613. The molecular formula is C18H17NO4. The van der Waals surface area contributed by atoms with Crippen LogP contribution in [0.15, 0.2) is 48.5 Å². The molecule has 0 saturated carbocycles. The van der Waals surface area contributed by atoms with E-state index in [0.717, 1.165) is 11.3 Å². The quantitative estimate of drug-likeness (QED) is 0.885. The zero-order chi connectivity index (χ0) is 16.2. The van der Waals surface area contributed by atoms with Crippen molar-refractivity contribution in [3.05, 3.63) is 59.7 Å². The number of hydrogen-bond donors (Lipinski definition) is 1. The van der Waals surface area contributed by atoms with Crippen molar-refractivity contribution >= 4 is 17.6 Å². The number of nitrogens with one attached hydrogen (secondary N) is 1. The predicted molar refractivity (Wildman–Crippen MR) is 85.5 cm³/mol. The second-order valence-electron chi connectivity index (χ2n) is 5.35. The number of amides is 1. The van der Waals surface area contributed by atoms with Gasteiger partial charge in [-0.15, -0.1) is 0 Å². The Balaban J connectivity index is 1.75. The van der Waals surface area contributed by atoms with E-state index in [4.69, 9.17) is 9.47 Å². The van der Waals surface area contributed by atoms with Gasteiger partial charge in [-0.1, -0.05) is 30.3 Å². The molecule has 0 unspecified atom stereocenters. The molecule has 0 saturated heterocycles. The summed E-state index contributed by atoms with van der Waals surface area (Å²) in [6, 6.07) is 14.5. The highest BCUT2D eigenvalue weighted by Crippen LogP contribution is 2.27. The number of esters is 1. The van der Waals surface area contributed by atoms with E-state index in [1.807, 2.05) is 24.3 Å². The maximum atomic E-state index is 12.5. The Morgan fingerprint density at radius 3 is 2.70 bits per heavy atom. The molecule has 2 aromatic rings. The van der Waals surface area contributed by atoms with Gasteiger partial charge >= 0.3 is 5.97 Å². The van der Waals surface area contributed by atoms with E-state index in [9.17, 15) is 9.59 Å². The zero-order valence-corrected chi connectivity index (χ0v) is 12.7. The summed E-state index contributed by atoms with van der Waals surface area (Å²) in [5, 5.41) is 2.81. The number of carbonyl (C=O) groups is 2. The number of para-hydroxylation sites is 2. The van der Waals surface area contributed by atoms with Gasteiger partial charge in [0.1, 0.15) is 12.4 Å². The first-order valence-corrected chi connectivity index (χ1v) is 7.38. The topological polar surface area (TPSA) is 64.6 Å². The number of ether oxygens (including phenoxy) is 2. The molecule has 5 nitrogen and oxygen atoms in total. The van der Waals surface area contributed by atoms with Crippen molar-refractivity contribution in [1.29, 1.82) is 0 Å². The van der Waals surface area contributed by atoms with Crippen LogP contribution in [0.3, 0.4) is 0 Å². The van der Waals surface area contributed by atoms with Crippen molar-refractivity contribution in [2.24, 2.45) is 5.92 Å². The maximum absolute atomic E-state index is 12.5. The van der Waals surface area contributed by atoms with Gasteiger partial charge in [0.05, 0.1) is 24.3 Å². The summed E-state index contributed by atoms with van der Waals surface area (Å²) in [4.78, 5) is 24.3. The summed E-state index contributed by atoms with van der Waals surface area (Å²) in [5.41, 5.74) is 1.80. The van der Waals surface area contributed by atoms with Crippen LogP contribution in [0, 0.1) is 5.92 Å². The zero-order valence-electron chi connectivity index (χ0n) is 12.7. The number of fused-ring (bicyclic) bond motifs is 1. The fourth-order valence-electron chi connectivity index (χ4n) is 2.61. The van der Waals surface area contributed by atoms with Crippen molar-refractivity contribution in [3.63, 3.8) is 0 Å². The van der Waals surface area contributed by atoms with Crippen LogP contribution in [0.5, 0.6) is 5.75 Å². The van der Waals surface area contributed by atoms with Gasteiger partial charge in [-0.2, -0.15) is 0 Å². The Bertz CT molecular complexity index is 741. The molecule has 23 heavy (non-hydrogen) atoms. The molecule has 5 heteroatoms. The van der Waals surface area contributed by atoms with Gasteiger partial charge in [0.25, 0.3) is 0 Å². The van der Waals surface area contributed by atoms with E-state index >= 15 is 0 Å². The van der Waals surface area contributed by atoms with E-state index in [0.29, 0.717) is 24.3 Å². The highest BCUT2D eigenvalue weighted by molar-refractivity contribution is 6.02. The molecule has 2 aromatic carbocycles. The van der Waals surface area contributed by atoms with Crippen molar-refractivity contribution in [2.45, 2.75) is 6.42 Å². The Morgan fingerprint density at radius 2 is 1.87 bits per heavy atom. The van der Waals surface area contributed by atoms with E-state index in [1.165, 1.54) is 7.11 Å². The third-order valence-corrected chi connectivity index (χ3v) is 3.84. The smallest absolute Gasteiger partial charge is 0.339 e. The van der Waals surface area contributed by atoms with Gasteiger partial charge in [-0.05, 0) is 30.2 Å². The second kappa shape index (κ2) is 6.52. The minimum absolute atomic E-state index is 0.171. The monoisotopic (exact) mass is 311 g/mol. The summed E-state index contributed by atoms with van der Waals surface area (Å²) < 4.78 is 10.4. The largest absolute Gasteiger partial charge is 0.492 e. The van der Waals surface area contributed by atoms with Crippen LogP contribution < -0.4 is 10.1 Å². The molecule has 0 fully saturated rings. The lowest BCUT2D eigenvalue weighted by Gasteiger charge is -2.24. The van der Waals surface area contributed by atoms with Crippen LogP contribution in [-0.4, -0.2) is 25.6 Å². The fourth-order valence-corrected chi connectivity index (χ4v) is 2.61. The molecule has 118 valence electrons. The molecule has 1 atom stereocenters. The number of hydrogen-bond acceptors (Lipinski definition) is 4. The molecule has 0 bridgehead atoms. The average Bonchev–Trinajstić information content (AvgIpc) is 2.61. The SMILES string of the molecule is COC(=O)c1ccccc1NC(=O)[C@@H]1COc2ccccc2C1. The normalized spacial score (nSPS) is 16.0. The lowest BCUT2D eigenvalue weighted by atomic mass is 9.96. The fraction of sp³-hybridized carbons (Fsp3) is 0.222. The van der Waals surface area contributed by atoms with Crippen molar-refractivity contribution < 1.29 is 19.1 Å². The Morgan fingerprint density at radius 1 is 1.13 bits per heavy atom. The van der Waals surface area contributed by atoms with Crippen LogP contribution in [-0.2, 0) is 16.0 Å². The molecule has 1 aliphatic heterocycles. The number of rotatable bonds is 3. The van der Waals surface area contributed by atoms with E-state index in [2.05, 4.69) is 5.32 Å². The average molecular weight is 311 g/mol. The van der Waals surface area contributed by atoms with Gasteiger partial charge in [-0.3, -0.25) is 4.79 Å². The third-order valence-electron chi connectivity index (χ3n) is 3.84. The molecule has 1 amide bonds. The highest BCUT2D eigenvalue weighted by Gasteiger charge is 2.26. The third kappa shape index (κ3) is 3.18. The summed E-state index contributed by atoms with van der Waals surface area (Å²) in [6.45, 7) is 0.323. The van der Waals surface area contributed by atoms with Crippen LogP contribution in [0.4, 0.5) is 5.69 Å². The van der Waals surface area contributed by atoms with Gasteiger partial charge in [-0.25, -0.2) is 4.79 Å². The standard InChI is InChI=1S/C18H17NO4/c1-22-18(21)14-7-3-4-8-15(14)19-17(20)13-10-12-6-2-5-9-16(12)23-11-13/h2-9,13H,10-11H2,1H3,(H,19,20)/t13-/m0/s1. The first kappa shape index (κ1) is 15.1. The Labute approximate surface area is 134 Å². The first-order valence-electron chi connectivity index (χ1n) is 7.38. The summed E-state index contributed by atoms with van der Waals surface area (Å²) >= 11 is 0. The number of benzene rings is 2. The second-order valence-corrected chi connectivity index (χ2v) is 5.35. The minimum atomic E-state index is -0.480.